The van der Waals surface area contributed by atoms with E-state index in [2.05, 4.69) is 10.4 Å². The second-order valence-corrected chi connectivity index (χ2v) is 4.03. The Hall–Kier alpha value is -2.34. The summed E-state index contributed by atoms with van der Waals surface area (Å²) in [6, 6.07) is 5.23. The predicted molar refractivity (Wildman–Crippen MR) is 68.4 cm³/mol. The van der Waals surface area contributed by atoms with E-state index in [1.807, 2.05) is 13.0 Å². The highest BCUT2D eigenvalue weighted by Crippen LogP contribution is 2.19. The summed E-state index contributed by atoms with van der Waals surface area (Å²) < 4.78 is 11.0. The zero-order valence-corrected chi connectivity index (χ0v) is 10.8. The maximum Gasteiger partial charge on any atom is 0.268 e. The van der Waals surface area contributed by atoms with E-state index in [9.17, 15) is 4.79 Å². The quantitative estimate of drug-likeness (QED) is 0.494. The molecule has 0 saturated carbocycles. The second kappa shape index (κ2) is 5.53. The van der Waals surface area contributed by atoms with Crippen LogP contribution in [0.4, 0.5) is 0 Å². The molecule has 2 rings (SSSR count). The van der Waals surface area contributed by atoms with E-state index in [1.54, 1.807) is 25.3 Å². The minimum absolute atomic E-state index is 0.227. The molecule has 2 aromatic heterocycles. The largest absolute Gasteiger partial charge is 0.484 e. The third-order valence-corrected chi connectivity index (χ3v) is 2.67. The van der Waals surface area contributed by atoms with Crippen LogP contribution in [0.5, 0.6) is 5.75 Å². The SMILES string of the molecule is Cc1ncccc1OCc1cc(C(=O)NN)c(C)o1. The van der Waals surface area contributed by atoms with E-state index in [-0.39, 0.29) is 12.5 Å². The van der Waals surface area contributed by atoms with Crippen LogP contribution in [-0.2, 0) is 6.61 Å². The van der Waals surface area contributed by atoms with Gasteiger partial charge in [-0.3, -0.25) is 15.2 Å². The highest BCUT2D eigenvalue weighted by Gasteiger charge is 2.14. The molecule has 6 nitrogen and oxygen atoms in total. The number of hydrogen-bond donors (Lipinski definition) is 2. The molecular weight excluding hydrogens is 246 g/mol. The Bertz CT molecular complexity index is 593. The summed E-state index contributed by atoms with van der Waals surface area (Å²) in [5, 5.41) is 0. The Morgan fingerprint density at radius 3 is 3.00 bits per heavy atom. The van der Waals surface area contributed by atoms with Gasteiger partial charge in [0.05, 0.1) is 11.3 Å². The van der Waals surface area contributed by atoms with Gasteiger partial charge in [-0.05, 0) is 32.0 Å². The summed E-state index contributed by atoms with van der Waals surface area (Å²) in [6.07, 6.45) is 1.70. The smallest absolute Gasteiger partial charge is 0.268 e. The van der Waals surface area contributed by atoms with Gasteiger partial charge in [-0.2, -0.15) is 0 Å². The van der Waals surface area contributed by atoms with Gasteiger partial charge >= 0.3 is 0 Å². The number of furan rings is 1. The number of ether oxygens (including phenoxy) is 1. The summed E-state index contributed by atoms with van der Waals surface area (Å²) in [5.74, 6) is 6.44. The van der Waals surface area contributed by atoms with Gasteiger partial charge in [-0.25, -0.2) is 5.84 Å². The van der Waals surface area contributed by atoms with E-state index in [4.69, 9.17) is 15.0 Å². The lowest BCUT2D eigenvalue weighted by molar-refractivity contribution is 0.0952. The van der Waals surface area contributed by atoms with Crippen molar-refractivity contribution in [1.82, 2.24) is 10.4 Å². The molecule has 0 unspecified atom stereocenters. The zero-order chi connectivity index (χ0) is 13.8. The molecule has 100 valence electrons. The van der Waals surface area contributed by atoms with Crippen LogP contribution in [0.15, 0.2) is 28.8 Å². The molecule has 0 aliphatic carbocycles. The second-order valence-electron chi connectivity index (χ2n) is 4.03. The lowest BCUT2D eigenvalue weighted by Crippen LogP contribution is -2.30. The third kappa shape index (κ3) is 2.92. The maximum absolute atomic E-state index is 11.4. The average molecular weight is 261 g/mol. The Labute approximate surface area is 110 Å². The highest BCUT2D eigenvalue weighted by molar-refractivity contribution is 5.94. The van der Waals surface area contributed by atoms with Crippen LogP contribution < -0.4 is 16.0 Å². The molecule has 0 aliphatic rings. The molecular formula is C13H15N3O3. The van der Waals surface area contributed by atoms with Gasteiger partial charge in [0.25, 0.3) is 5.91 Å². The average Bonchev–Trinajstić information content (AvgIpc) is 2.78. The van der Waals surface area contributed by atoms with Crippen LogP contribution in [0, 0.1) is 13.8 Å². The first kappa shape index (κ1) is 13.1. The number of nitrogens with one attached hydrogen (secondary N) is 1. The Morgan fingerprint density at radius 2 is 2.32 bits per heavy atom. The van der Waals surface area contributed by atoms with E-state index in [0.29, 0.717) is 22.8 Å². The molecule has 0 aromatic carbocycles. The maximum atomic E-state index is 11.4. The molecule has 0 spiro atoms. The first-order chi connectivity index (χ1) is 9.11. The van der Waals surface area contributed by atoms with Crippen molar-refractivity contribution in [2.24, 2.45) is 5.84 Å². The standard InChI is InChI=1S/C13H15N3O3/c1-8-12(4-3-5-15-8)18-7-10-6-11(9(2)19-10)13(17)16-14/h3-6H,7,14H2,1-2H3,(H,16,17). The third-order valence-electron chi connectivity index (χ3n) is 2.67. The normalized spacial score (nSPS) is 10.3. The number of nitrogens with two attached hydrogens (primary N) is 1. The van der Waals surface area contributed by atoms with Crippen molar-refractivity contribution in [3.8, 4) is 5.75 Å². The fraction of sp³-hybridized carbons (Fsp3) is 0.231. The van der Waals surface area contributed by atoms with Gasteiger partial charge in [-0.15, -0.1) is 0 Å². The van der Waals surface area contributed by atoms with Crippen LogP contribution in [0.1, 0.15) is 27.6 Å². The molecule has 2 heterocycles. The zero-order valence-electron chi connectivity index (χ0n) is 10.8. The number of amides is 1. The molecule has 1 amide bonds. The van der Waals surface area contributed by atoms with Crippen LogP contribution in [-0.4, -0.2) is 10.9 Å². The molecule has 0 fully saturated rings. The molecule has 3 N–H and O–H groups in total. The van der Waals surface area contributed by atoms with E-state index >= 15 is 0 Å². The molecule has 6 heteroatoms. The topological polar surface area (TPSA) is 90.4 Å². The number of rotatable bonds is 4. The lowest BCUT2D eigenvalue weighted by atomic mass is 10.2. The van der Waals surface area contributed by atoms with Crippen molar-refractivity contribution in [1.29, 1.82) is 0 Å². The van der Waals surface area contributed by atoms with Gasteiger partial charge in [0.15, 0.2) is 0 Å². The molecule has 0 radical (unpaired) electrons. The van der Waals surface area contributed by atoms with Crippen molar-refractivity contribution in [2.75, 3.05) is 0 Å². The monoisotopic (exact) mass is 261 g/mol. The van der Waals surface area contributed by atoms with Crippen molar-refractivity contribution in [3.05, 3.63) is 47.2 Å². The van der Waals surface area contributed by atoms with Crippen molar-refractivity contribution < 1.29 is 13.9 Å². The Morgan fingerprint density at radius 1 is 1.53 bits per heavy atom. The minimum Gasteiger partial charge on any atom is -0.484 e. The van der Waals surface area contributed by atoms with Crippen LogP contribution in [0.3, 0.4) is 0 Å². The summed E-state index contributed by atoms with van der Waals surface area (Å²) in [7, 11) is 0. The highest BCUT2D eigenvalue weighted by atomic mass is 16.5. The van der Waals surface area contributed by atoms with Crippen LogP contribution in [0.25, 0.3) is 0 Å². The number of carbonyl (C=O) groups excluding carboxylic acids is 1. The number of nitrogens with zero attached hydrogens (tertiary/aromatic N) is 1. The number of hydrogen-bond acceptors (Lipinski definition) is 5. The van der Waals surface area contributed by atoms with Crippen molar-refractivity contribution in [3.63, 3.8) is 0 Å². The van der Waals surface area contributed by atoms with E-state index < -0.39 is 0 Å². The number of aryl methyl sites for hydroxylation is 2. The number of hydrazine groups is 1. The number of pyridine rings is 1. The fourth-order valence-electron chi connectivity index (χ4n) is 1.69. The minimum atomic E-state index is -0.384. The summed E-state index contributed by atoms with van der Waals surface area (Å²) in [5.41, 5.74) is 3.27. The Balaban J connectivity index is 2.09. The molecule has 19 heavy (non-hydrogen) atoms. The van der Waals surface area contributed by atoms with Crippen LogP contribution >= 0.6 is 0 Å². The molecule has 0 bridgehead atoms. The number of nitrogen functional groups attached to an aromatic ring is 1. The van der Waals surface area contributed by atoms with E-state index in [1.165, 1.54) is 0 Å². The van der Waals surface area contributed by atoms with Gasteiger partial charge in [-0.1, -0.05) is 0 Å². The van der Waals surface area contributed by atoms with Gasteiger partial charge in [0.2, 0.25) is 0 Å². The van der Waals surface area contributed by atoms with E-state index in [0.717, 1.165) is 5.69 Å². The summed E-state index contributed by atoms with van der Waals surface area (Å²) in [6.45, 7) is 3.78. The molecule has 2 aromatic rings. The molecule has 0 saturated heterocycles. The predicted octanol–water partition coefficient (Wildman–Crippen LogP) is 1.47. The Kier molecular flexibility index (Phi) is 3.82. The number of aromatic nitrogens is 1. The summed E-state index contributed by atoms with van der Waals surface area (Å²) in [4.78, 5) is 15.5. The van der Waals surface area contributed by atoms with Gasteiger partial charge < -0.3 is 9.15 Å². The van der Waals surface area contributed by atoms with Crippen LogP contribution in [0.2, 0.25) is 0 Å². The first-order valence-corrected chi connectivity index (χ1v) is 5.76. The van der Waals surface area contributed by atoms with Gasteiger partial charge in [0.1, 0.15) is 23.9 Å². The molecule has 0 atom stereocenters. The summed E-state index contributed by atoms with van der Waals surface area (Å²) >= 11 is 0. The lowest BCUT2D eigenvalue weighted by Gasteiger charge is -2.05. The van der Waals surface area contributed by atoms with Gasteiger partial charge in [0, 0.05) is 6.20 Å². The first-order valence-electron chi connectivity index (χ1n) is 5.76. The number of carbonyl (C=O) groups is 1. The fourth-order valence-corrected chi connectivity index (χ4v) is 1.69. The van der Waals surface area contributed by atoms with Crippen molar-refractivity contribution in [2.45, 2.75) is 20.5 Å². The van der Waals surface area contributed by atoms with Crippen molar-refractivity contribution >= 4 is 5.91 Å². The molecule has 0 aliphatic heterocycles.